The van der Waals surface area contributed by atoms with Crippen molar-refractivity contribution in [2.24, 2.45) is 0 Å². The van der Waals surface area contributed by atoms with Gasteiger partial charge in [-0.25, -0.2) is 9.59 Å². The molecule has 2 rings (SSSR count). The van der Waals surface area contributed by atoms with Gasteiger partial charge >= 0.3 is 12.0 Å². The number of carbonyl (C=O) groups is 2. The number of carboxylic acids is 1. The largest absolute Gasteiger partial charge is 0.479 e. The van der Waals surface area contributed by atoms with Gasteiger partial charge in [0.2, 0.25) is 0 Å². The number of aliphatic hydroxyl groups excluding tert-OH is 1. The Kier molecular flexibility index (Phi) is 5.16. The van der Waals surface area contributed by atoms with Crippen LogP contribution in [0.5, 0.6) is 0 Å². The first kappa shape index (κ1) is 15.0. The molecule has 8 heteroatoms. The molecule has 0 radical (unpaired) electrons. The summed E-state index contributed by atoms with van der Waals surface area (Å²) >= 11 is 0. The van der Waals surface area contributed by atoms with Gasteiger partial charge in [-0.2, -0.15) is 0 Å². The Hall–Kier alpha value is -1.38. The molecular weight excluding hydrogens is 266 g/mol. The van der Waals surface area contributed by atoms with Crippen LogP contribution in [0.2, 0.25) is 0 Å². The van der Waals surface area contributed by atoms with E-state index in [1.54, 1.807) is 0 Å². The summed E-state index contributed by atoms with van der Waals surface area (Å²) in [5.74, 6) is -1.36. The number of nitrogens with one attached hydrogen (secondary N) is 2. The number of rotatable bonds is 5. The van der Waals surface area contributed by atoms with Crippen molar-refractivity contribution in [2.75, 3.05) is 32.8 Å². The molecule has 2 aliphatic heterocycles. The second-order valence-corrected chi connectivity index (χ2v) is 5.19. The summed E-state index contributed by atoms with van der Waals surface area (Å²) in [7, 11) is 0. The highest BCUT2D eigenvalue weighted by molar-refractivity contribution is 5.76. The number of nitrogens with zero attached hydrogens (tertiary/aromatic N) is 1. The lowest BCUT2D eigenvalue weighted by molar-refractivity contribution is -0.146. The summed E-state index contributed by atoms with van der Waals surface area (Å²) in [6.45, 7) is 2.65. The number of amides is 2. The summed E-state index contributed by atoms with van der Waals surface area (Å²) in [4.78, 5) is 24.2. The van der Waals surface area contributed by atoms with Crippen molar-refractivity contribution in [1.82, 2.24) is 15.5 Å². The fourth-order valence-corrected chi connectivity index (χ4v) is 2.55. The smallest absolute Gasteiger partial charge is 0.334 e. The first-order chi connectivity index (χ1) is 9.56. The lowest BCUT2D eigenvalue weighted by atomic mass is 10.2. The molecule has 0 aromatic carbocycles. The molecule has 8 nitrogen and oxygen atoms in total. The summed E-state index contributed by atoms with van der Waals surface area (Å²) < 4.78 is 5.68. The third-order valence-electron chi connectivity index (χ3n) is 3.69. The van der Waals surface area contributed by atoms with E-state index in [9.17, 15) is 9.59 Å². The lowest BCUT2D eigenvalue weighted by Crippen LogP contribution is -2.51. The Bertz CT molecular complexity index is 365. The van der Waals surface area contributed by atoms with E-state index >= 15 is 0 Å². The maximum absolute atomic E-state index is 11.4. The van der Waals surface area contributed by atoms with E-state index in [-0.39, 0.29) is 12.6 Å². The van der Waals surface area contributed by atoms with E-state index in [2.05, 4.69) is 15.5 Å². The van der Waals surface area contributed by atoms with Crippen LogP contribution >= 0.6 is 0 Å². The SMILES string of the molecule is O=C(NCC1CN2CCCC2CO1)NCC(O)C(=O)O. The van der Waals surface area contributed by atoms with Crippen molar-refractivity contribution >= 4 is 12.0 Å². The molecule has 0 spiro atoms. The van der Waals surface area contributed by atoms with Crippen LogP contribution in [0, 0.1) is 0 Å². The monoisotopic (exact) mass is 287 g/mol. The lowest BCUT2D eigenvalue weighted by Gasteiger charge is -2.35. The zero-order valence-corrected chi connectivity index (χ0v) is 11.2. The Morgan fingerprint density at radius 3 is 2.95 bits per heavy atom. The van der Waals surface area contributed by atoms with Crippen LogP contribution in [0.1, 0.15) is 12.8 Å². The van der Waals surface area contributed by atoms with Crippen LogP contribution in [0.15, 0.2) is 0 Å². The number of ether oxygens (including phenoxy) is 1. The second-order valence-electron chi connectivity index (χ2n) is 5.19. The molecule has 4 N–H and O–H groups in total. The molecule has 2 amide bonds. The minimum absolute atomic E-state index is 0.0421. The number of aliphatic carboxylic acids is 1. The second kappa shape index (κ2) is 6.87. The quantitative estimate of drug-likeness (QED) is 0.494. The van der Waals surface area contributed by atoms with Gasteiger partial charge in [-0.05, 0) is 19.4 Å². The van der Waals surface area contributed by atoms with E-state index < -0.39 is 18.1 Å². The zero-order valence-electron chi connectivity index (χ0n) is 11.2. The van der Waals surface area contributed by atoms with Crippen LogP contribution in [0.4, 0.5) is 4.79 Å². The molecule has 3 atom stereocenters. The number of fused-ring (bicyclic) bond motifs is 1. The Morgan fingerprint density at radius 1 is 1.40 bits per heavy atom. The molecule has 2 aliphatic rings. The van der Waals surface area contributed by atoms with Gasteiger partial charge in [-0.1, -0.05) is 0 Å². The van der Waals surface area contributed by atoms with E-state index in [1.807, 2.05) is 0 Å². The van der Waals surface area contributed by atoms with Crippen LogP contribution < -0.4 is 10.6 Å². The first-order valence-corrected chi connectivity index (χ1v) is 6.84. The average molecular weight is 287 g/mol. The number of carboxylic acid groups (broad SMARTS) is 1. The topological polar surface area (TPSA) is 111 Å². The maximum Gasteiger partial charge on any atom is 0.334 e. The molecule has 114 valence electrons. The highest BCUT2D eigenvalue weighted by Gasteiger charge is 2.32. The van der Waals surface area contributed by atoms with Crippen molar-refractivity contribution in [2.45, 2.75) is 31.1 Å². The van der Waals surface area contributed by atoms with Crippen LogP contribution in [0.25, 0.3) is 0 Å². The third-order valence-corrected chi connectivity index (χ3v) is 3.69. The standard InChI is InChI=1S/C12H21N3O5/c16-10(11(17)18)5-14-12(19)13-4-9-6-15-3-1-2-8(15)7-20-9/h8-10,16H,1-7H2,(H,17,18)(H2,13,14,19). The Labute approximate surface area is 117 Å². The van der Waals surface area contributed by atoms with Gasteiger partial charge in [0, 0.05) is 19.1 Å². The van der Waals surface area contributed by atoms with Crippen LogP contribution in [0.3, 0.4) is 0 Å². The minimum atomic E-state index is -1.59. The fraction of sp³-hybridized carbons (Fsp3) is 0.833. The molecule has 3 unspecified atom stereocenters. The predicted octanol–water partition coefficient (Wildman–Crippen LogP) is -1.41. The molecule has 0 saturated carbocycles. The van der Waals surface area contributed by atoms with Crippen molar-refractivity contribution in [1.29, 1.82) is 0 Å². The molecule has 2 saturated heterocycles. The summed E-state index contributed by atoms with van der Waals surface area (Å²) in [6.07, 6.45) is 0.742. The average Bonchev–Trinajstić information content (AvgIpc) is 2.89. The summed E-state index contributed by atoms with van der Waals surface area (Å²) in [6, 6.07) is 0.0169. The van der Waals surface area contributed by atoms with Gasteiger partial charge in [0.05, 0.1) is 19.3 Å². The van der Waals surface area contributed by atoms with Gasteiger partial charge < -0.3 is 25.6 Å². The normalized spacial score (nSPS) is 27.6. The van der Waals surface area contributed by atoms with Gasteiger partial charge in [0.1, 0.15) is 0 Å². The molecule has 0 aliphatic carbocycles. The van der Waals surface area contributed by atoms with E-state index in [0.717, 1.165) is 13.1 Å². The Balaban J connectivity index is 1.62. The highest BCUT2D eigenvalue weighted by atomic mass is 16.5. The number of hydrogen-bond donors (Lipinski definition) is 4. The predicted molar refractivity (Wildman–Crippen MR) is 69.4 cm³/mol. The van der Waals surface area contributed by atoms with E-state index in [1.165, 1.54) is 12.8 Å². The first-order valence-electron chi connectivity index (χ1n) is 6.84. The van der Waals surface area contributed by atoms with Crippen molar-refractivity contribution in [3.8, 4) is 0 Å². The van der Waals surface area contributed by atoms with Crippen molar-refractivity contribution < 1.29 is 24.5 Å². The molecule has 0 bridgehead atoms. The number of morpholine rings is 1. The van der Waals surface area contributed by atoms with Gasteiger partial charge in [0.25, 0.3) is 0 Å². The molecular formula is C12H21N3O5. The van der Waals surface area contributed by atoms with Gasteiger partial charge in [0.15, 0.2) is 6.10 Å². The van der Waals surface area contributed by atoms with Crippen LogP contribution in [-0.4, -0.2) is 78.1 Å². The van der Waals surface area contributed by atoms with E-state index in [4.69, 9.17) is 14.9 Å². The number of aliphatic hydroxyl groups is 1. The van der Waals surface area contributed by atoms with Crippen LogP contribution in [-0.2, 0) is 9.53 Å². The Morgan fingerprint density at radius 2 is 2.20 bits per heavy atom. The highest BCUT2D eigenvalue weighted by Crippen LogP contribution is 2.22. The number of urea groups is 1. The van der Waals surface area contributed by atoms with E-state index in [0.29, 0.717) is 19.2 Å². The number of carbonyl (C=O) groups excluding carboxylic acids is 1. The number of hydrogen-bond acceptors (Lipinski definition) is 5. The molecule has 2 fully saturated rings. The summed E-state index contributed by atoms with van der Waals surface area (Å²) in [5, 5.41) is 22.4. The van der Waals surface area contributed by atoms with Gasteiger partial charge in [-0.15, -0.1) is 0 Å². The molecule has 0 aromatic heterocycles. The fourth-order valence-electron chi connectivity index (χ4n) is 2.55. The maximum atomic E-state index is 11.4. The third kappa shape index (κ3) is 4.06. The summed E-state index contributed by atoms with van der Waals surface area (Å²) in [5.41, 5.74) is 0. The van der Waals surface area contributed by atoms with Crippen molar-refractivity contribution in [3.05, 3.63) is 0 Å². The van der Waals surface area contributed by atoms with Crippen molar-refractivity contribution in [3.63, 3.8) is 0 Å². The molecule has 20 heavy (non-hydrogen) atoms. The van der Waals surface area contributed by atoms with Gasteiger partial charge in [-0.3, -0.25) is 4.90 Å². The molecule has 2 heterocycles. The minimum Gasteiger partial charge on any atom is -0.479 e. The molecule has 0 aromatic rings. The zero-order chi connectivity index (χ0) is 14.5.